The molecule has 0 heterocycles. The Morgan fingerprint density at radius 1 is 1.57 bits per heavy atom. The van der Waals surface area contributed by atoms with Gasteiger partial charge in [0.25, 0.3) is 0 Å². The second-order valence-corrected chi connectivity index (χ2v) is 3.15. The Morgan fingerprint density at radius 2 is 2.29 bits per heavy atom. The lowest BCUT2D eigenvalue weighted by Gasteiger charge is -2.16. The zero-order chi connectivity index (χ0) is 11.1. The fraction of sp³-hybridized carbons (Fsp3) is 0.400. The summed E-state index contributed by atoms with van der Waals surface area (Å²) in [5.74, 6) is 0.0363. The predicted molar refractivity (Wildman–Crippen MR) is 54.9 cm³/mol. The van der Waals surface area contributed by atoms with E-state index in [2.05, 4.69) is 15.1 Å². The molecule has 0 saturated carbocycles. The van der Waals surface area contributed by atoms with Crippen LogP contribution in [-0.2, 0) is 0 Å². The first-order chi connectivity index (χ1) is 7.29. The quantitative estimate of drug-likeness (QED) is 0.435. The Hall–Kier alpha value is -1.51. The summed E-state index contributed by atoms with van der Waals surface area (Å²) in [6, 6.07) is 9.72. The number of nitrogens with zero attached hydrogens (tertiary/aromatic N) is 3. The smallest absolute Gasteiger partial charge is 0.210 e. The Kier molecular flexibility index (Phi) is 3.41. The van der Waals surface area contributed by atoms with Gasteiger partial charge in [-0.25, -0.2) is 0 Å². The third-order valence-electron chi connectivity index (χ3n) is 2.21. The van der Waals surface area contributed by atoms with Crippen LogP contribution >= 0.6 is 0 Å². The minimum Gasteiger partial charge on any atom is -0.392 e. The Bertz CT molecular complexity index is 338. The number of hydrogen-bond acceptors (Lipinski definition) is 2. The fourth-order valence-electron chi connectivity index (χ4n) is 1.25. The summed E-state index contributed by atoms with van der Waals surface area (Å²) >= 11 is 0. The second kappa shape index (κ2) is 5.27. The molecule has 0 saturated heterocycles. The van der Waals surface area contributed by atoms with Crippen LogP contribution in [0.1, 0.15) is 18.4 Å². The number of benzene rings is 1. The zero-order valence-corrected chi connectivity index (χ0v) is 8.00. The molecule has 74 valence electrons. The van der Waals surface area contributed by atoms with Crippen molar-refractivity contribution in [1.82, 2.24) is 0 Å². The molecule has 0 radical (unpaired) electrons. The Morgan fingerprint density at radius 3 is 2.86 bits per heavy atom. The van der Waals surface area contributed by atoms with Gasteiger partial charge in [0.15, 0.2) is 0 Å². The summed E-state index contributed by atoms with van der Waals surface area (Å²) in [6.07, 6.45) is -0.400. The van der Waals surface area contributed by atoms with Gasteiger partial charge in [0.05, 0.1) is 12.6 Å². The monoisotopic (exact) mass is 193 g/mol. The van der Waals surface area contributed by atoms with Crippen LogP contribution in [0.5, 0.6) is 0 Å². The maximum Gasteiger partial charge on any atom is 0.210 e. The maximum absolute atomic E-state index is 8.20. The van der Waals surface area contributed by atoms with Crippen LogP contribution < -0.4 is 0 Å². The molecular formula is C10H13N3O. The van der Waals surface area contributed by atoms with E-state index in [0.29, 0.717) is 0 Å². The predicted octanol–water partition coefficient (Wildman–Crippen LogP) is 2.46. The number of rotatable bonds is 5. The average Bonchev–Trinajstić information content (AvgIpc) is 2.31. The van der Waals surface area contributed by atoms with E-state index in [4.69, 9.17) is 6.96 Å². The summed E-state index contributed by atoms with van der Waals surface area (Å²) in [6.45, 7) is 2.12. The number of aliphatic hydroxyl groups excluding tert-OH is 1. The van der Waals surface area contributed by atoms with Crippen molar-refractivity contribution in [2.24, 2.45) is 5.11 Å². The van der Waals surface area contributed by atoms with Gasteiger partial charge >= 0.3 is 0 Å². The van der Waals surface area contributed by atoms with Crippen molar-refractivity contribution >= 4 is 0 Å². The molecule has 14 heavy (non-hydrogen) atoms. The van der Waals surface area contributed by atoms with E-state index in [-0.39, 0.29) is 12.5 Å². The van der Waals surface area contributed by atoms with Crippen LogP contribution in [0.2, 0.25) is 0 Å². The van der Waals surface area contributed by atoms with Gasteiger partial charge in [-0.05, 0) is 11.1 Å². The van der Waals surface area contributed by atoms with Crippen LogP contribution in [0.15, 0.2) is 35.4 Å². The van der Waals surface area contributed by atoms with Crippen molar-refractivity contribution in [2.75, 3.05) is 6.54 Å². The first-order valence-corrected chi connectivity index (χ1v) is 4.47. The summed E-state index contributed by atoms with van der Waals surface area (Å²) < 4.78 is 6.93. The Balaban J connectivity index is 2.72. The van der Waals surface area contributed by atoms with Gasteiger partial charge < -0.3 is 5.11 Å². The molecule has 0 unspecified atom stereocenters. The van der Waals surface area contributed by atoms with E-state index in [1.165, 1.54) is 0 Å². The van der Waals surface area contributed by atoms with Gasteiger partial charge in [-0.2, -0.15) is 0 Å². The molecule has 1 aromatic rings. The summed E-state index contributed by atoms with van der Waals surface area (Å²) in [5, 5.41) is 7.98. The highest BCUT2D eigenvalue weighted by Crippen LogP contribution is 2.18. The van der Waals surface area contributed by atoms with Gasteiger partial charge in [0.2, 0.25) is 1.43 Å². The minimum atomic E-state index is -0.400. The van der Waals surface area contributed by atoms with Crippen LogP contribution in [0.3, 0.4) is 0 Å². The maximum atomic E-state index is 8.20. The fourth-order valence-corrected chi connectivity index (χ4v) is 1.25. The topological polar surface area (TPSA) is 69.0 Å². The normalized spacial score (nSPS) is 15.1. The van der Waals surface area contributed by atoms with Gasteiger partial charge in [0.1, 0.15) is 0 Å². The Labute approximate surface area is 84.3 Å². The van der Waals surface area contributed by atoms with Crippen LogP contribution in [0.25, 0.3) is 10.4 Å². The molecule has 0 amide bonds. The molecule has 0 fully saturated rings. The third kappa shape index (κ3) is 2.76. The van der Waals surface area contributed by atoms with Crippen LogP contribution in [0, 0.1) is 0 Å². The highest BCUT2D eigenvalue weighted by Gasteiger charge is 2.14. The lowest BCUT2D eigenvalue weighted by Crippen LogP contribution is -2.18. The molecule has 0 aliphatic heterocycles. The molecule has 4 nitrogen and oxygen atoms in total. The van der Waals surface area contributed by atoms with E-state index >= 15 is 0 Å². The second-order valence-electron chi connectivity index (χ2n) is 3.15. The number of azide groups is 1. The number of aliphatic hydroxyl groups is 1. The minimum absolute atomic E-state index is 0.0363. The summed E-state index contributed by atoms with van der Waals surface area (Å²) in [7, 11) is 0. The molecule has 0 aliphatic carbocycles. The highest BCUT2D eigenvalue weighted by atomic mass is 16.3. The SMILES string of the molecule is [3H]O[C@@H](CN=[N+]=[N-])[C@H](C)c1ccccc1. The van der Waals surface area contributed by atoms with E-state index < -0.39 is 6.10 Å². The molecule has 0 aromatic heterocycles. The largest absolute Gasteiger partial charge is 0.392 e. The van der Waals surface area contributed by atoms with Crippen LogP contribution in [-0.4, -0.2) is 19.2 Å². The first-order valence-electron chi connectivity index (χ1n) is 4.88. The third-order valence-corrected chi connectivity index (χ3v) is 2.21. The first kappa shape index (κ1) is 9.06. The van der Waals surface area contributed by atoms with E-state index in [0.717, 1.165) is 5.56 Å². The van der Waals surface area contributed by atoms with Crippen LogP contribution in [0.4, 0.5) is 0 Å². The van der Waals surface area contributed by atoms with E-state index in [1.54, 1.807) is 0 Å². The molecule has 1 N–H and O–H groups in total. The van der Waals surface area contributed by atoms with Gasteiger partial charge in [0, 0.05) is 10.8 Å². The molecule has 0 bridgehead atoms. The molecule has 4 heteroatoms. The van der Waals surface area contributed by atoms with Crippen molar-refractivity contribution in [3.05, 3.63) is 46.3 Å². The van der Waals surface area contributed by atoms with E-state index in [1.807, 2.05) is 37.3 Å². The molecule has 2 atom stereocenters. The van der Waals surface area contributed by atoms with Gasteiger partial charge in [-0.15, -0.1) is 0 Å². The van der Waals surface area contributed by atoms with Crippen molar-refractivity contribution in [1.29, 1.82) is 1.43 Å². The molecule has 0 aliphatic rings. The van der Waals surface area contributed by atoms with Gasteiger partial charge in [-0.3, -0.25) is 0 Å². The van der Waals surface area contributed by atoms with E-state index in [9.17, 15) is 0 Å². The zero-order valence-electron chi connectivity index (χ0n) is 9.00. The lowest BCUT2D eigenvalue weighted by atomic mass is 9.96. The number of hydrogen-bond donors (Lipinski definition) is 1. The summed E-state index contributed by atoms with van der Waals surface area (Å²) in [4.78, 5) is 2.66. The van der Waals surface area contributed by atoms with Crippen molar-refractivity contribution in [3.63, 3.8) is 0 Å². The lowest BCUT2D eigenvalue weighted by molar-refractivity contribution is 0.157. The molecule has 0 spiro atoms. The average molecular weight is 193 g/mol. The standard InChI is InChI=1S/C10H13N3O/c1-8(10(14)7-12-13-11)9-5-3-2-4-6-9/h2-6,8,10,14H,7H2,1H3/t8-,10+/m1/s1/i14T. The molecule has 1 aromatic carbocycles. The van der Waals surface area contributed by atoms with Crippen molar-refractivity contribution < 1.29 is 5.11 Å². The molecule has 1 rings (SSSR count). The van der Waals surface area contributed by atoms with Crippen molar-refractivity contribution in [3.8, 4) is 0 Å². The van der Waals surface area contributed by atoms with Gasteiger partial charge in [-0.1, -0.05) is 42.4 Å². The summed E-state index contributed by atoms with van der Waals surface area (Å²) in [5.41, 5.74) is 9.28. The molecular weight excluding hydrogens is 178 g/mol. The van der Waals surface area contributed by atoms with Crippen molar-refractivity contribution in [2.45, 2.75) is 18.9 Å². The highest BCUT2D eigenvalue weighted by molar-refractivity contribution is 5.19.